The highest BCUT2D eigenvalue weighted by atomic mass is 19.1. The van der Waals surface area contributed by atoms with E-state index >= 15 is 0 Å². The van der Waals surface area contributed by atoms with E-state index in [0.29, 0.717) is 13.0 Å². The summed E-state index contributed by atoms with van der Waals surface area (Å²) in [6, 6.07) is 6.01. The van der Waals surface area contributed by atoms with E-state index < -0.39 is 5.97 Å². The Morgan fingerprint density at radius 3 is 2.40 bits per heavy atom. The summed E-state index contributed by atoms with van der Waals surface area (Å²) in [5.74, 6) is -1.59. The topological polar surface area (TPSA) is 57.6 Å². The maximum absolute atomic E-state index is 12.8. The Kier molecular flexibility index (Phi) is 6.15. The van der Waals surface area contributed by atoms with Crippen LogP contribution in [0.1, 0.15) is 38.2 Å². The number of carboxylic acids is 1. The average molecular weight is 281 g/mol. The molecule has 110 valence electrons. The van der Waals surface area contributed by atoms with Gasteiger partial charge in [-0.3, -0.25) is 9.59 Å². The van der Waals surface area contributed by atoms with Crippen molar-refractivity contribution in [2.75, 3.05) is 13.1 Å². The Bertz CT molecular complexity index is 459. The summed E-state index contributed by atoms with van der Waals surface area (Å²) in [5.41, 5.74) is 0.867. The lowest BCUT2D eigenvalue weighted by Crippen LogP contribution is -2.36. The lowest BCUT2D eigenvalue weighted by atomic mass is 9.97. The third kappa shape index (κ3) is 4.99. The highest BCUT2D eigenvalue weighted by molar-refractivity contribution is 5.81. The molecule has 1 amide bonds. The number of hydrogen-bond donors (Lipinski definition) is 1. The van der Waals surface area contributed by atoms with Gasteiger partial charge >= 0.3 is 5.97 Å². The Labute approximate surface area is 118 Å². The molecule has 4 nitrogen and oxygen atoms in total. The van der Waals surface area contributed by atoms with Gasteiger partial charge in [0.2, 0.25) is 5.91 Å². The predicted octanol–water partition coefficient (Wildman–Crippen LogP) is 2.64. The van der Waals surface area contributed by atoms with Crippen LogP contribution >= 0.6 is 0 Å². The standard InChI is InChI=1S/C15H20FNO3/c1-3-8-17(10-15(19)20)14(18)9-11(2)12-4-6-13(16)7-5-12/h4-7,11H,3,8-10H2,1-2H3,(H,19,20). The normalized spacial score (nSPS) is 11.9. The van der Waals surface area contributed by atoms with Crippen molar-refractivity contribution in [3.63, 3.8) is 0 Å². The summed E-state index contributed by atoms with van der Waals surface area (Å²) >= 11 is 0. The second kappa shape index (κ2) is 7.62. The largest absolute Gasteiger partial charge is 0.480 e. The third-order valence-corrected chi connectivity index (χ3v) is 3.09. The molecule has 0 bridgehead atoms. The van der Waals surface area contributed by atoms with Crippen molar-refractivity contribution in [2.24, 2.45) is 0 Å². The summed E-state index contributed by atoms with van der Waals surface area (Å²) in [4.78, 5) is 24.2. The van der Waals surface area contributed by atoms with Crippen molar-refractivity contribution in [1.82, 2.24) is 4.90 Å². The number of rotatable bonds is 7. The molecular formula is C15H20FNO3. The van der Waals surface area contributed by atoms with Crippen LogP contribution < -0.4 is 0 Å². The van der Waals surface area contributed by atoms with Crippen molar-refractivity contribution >= 4 is 11.9 Å². The fourth-order valence-electron chi connectivity index (χ4n) is 2.03. The highest BCUT2D eigenvalue weighted by Crippen LogP contribution is 2.20. The van der Waals surface area contributed by atoms with Crippen molar-refractivity contribution in [3.05, 3.63) is 35.6 Å². The van der Waals surface area contributed by atoms with E-state index in [1.54, 1.807) is 12.1 Å². The first kappa shape index (κ1) is 16.1. The zero-order valence-corrected chi connectivity index (χ0v) is 11.8. The lowest BCUT2D eigenvalue weighted by Gasteiger charge is -2.22. The van der Waals surface area contributed by atoms with Crippen LogP contribution in [0.25, 0.3) is 0 Å². The molecule has 0 spiro atoms. The molecule has 0 fully saturated rings. The van der Waals surface area contributed by atoms with Crippen LogP contribution in [0.15, 0.2) is 24.3 Å². The van der Waals surface area contributed by atoms with Crippen LogP contribution in [0.2, 0.25) is 0 Å². The minimum atomic E-state index is -1.01. The number of carbonyl (C=O) groups is 2. The number of aliphatic carboxylic acids is 1. The molecule has 0 aromatic heterocycles. The van der Waals surface area contributed by atoms with Crippen molar-refractivity contribution in [3.8, 4) is 0 Å². The lowest BCUT2D eigenvalue weighted by molar-refractivity contribution is -0.144. The van der Waals surface area contributed by atoms with E-state index in [1.807, 2.05) is 13.8 Å². The molecule has 0 aliphatic rings. The van der Waals surface area contributed by atoms with E-state index in [9.17, 15) is 14.0 Å². The van der Waals surface area contributed by atoms with Gasteiger partial charge in [0, 0.05) is 13.0 Å². The molecule has 1 atom stereocenters. The second-order valence-corrected chi connectivity index (χ2v) is 4.87. The molecule has 0 heterocycles. The van der Waals surface area contributed by atoms with Crippen LogP contribution in [0.5, 0.6) is 0 Å². The molecule has 1 aromatic rings. The Morgan fingerprint density at radius 1 is 1.30 bits per heavy atom. The van der Waals surface area contributed by atoms with Gasteiger partial charge in [0.1, 0.15) is 12.4 Å². The molecule has 1 aromatic carbocycles. The van der Waals surface area contributed by atoms with Crippen molar-refractivity contribution in [1.29, 1.82) is 0 Å². The SMILES string of the molecule is CCCN(CC(=O)O)C(=O)CC(C)c1ccc(F)cc1. The summed E-state index contributed by atoms with van der Waals surface area (Å²) in [7, 11) is 0. The molecular weight excluding hydrogens is 261 g/mol. The number of amides is 1. The van der Waals surface area contributed by atoms with Crippen LogP contribution in [-0.4, -0.2) is 35.0 Å². The summed E-state index contributed by atoms with van der Waals surface area (Å²) in [6.07, 6.45) is 0.933. The van der Waals surface area contributed by atoms with E-state index in [1.165, 1.54) is 17.0 Å². The number of carbonyl (C=O) groups excluding carboxylic acids is 1. The molecule has 20 heavy (non-hydrogen) atoms. The molecule has 1 N–H and O–H groups in total. The quantitative estimate of drug-likeness (QED) is 0.836. The Morgan fingerprint density at radius 2 is 1.90 bits per heavy atom. The zero-order chi connectivity index (χ0) is 15.1. The molecule has 5 heteroatoms. The predicted molar refractivity (Wildman–Crippen MR) is 73.9 cm³/mol. The van der Waals surface area contributed by atoms with Crippen LogP contribution in [0.3, 0.4) is 0 Å². The maximum Gasteiger partial charge on any atom is 0.323 e. The van der Waals surface area contributed by atoms with Gasteiger partial charge in [0.05, 0.1) is 0 Å². The van der Waals surface area contributed by atoms with Gasteiger partial charge in [-0.1, -0.05) is 26.0 Å². The van der Waals surface area contributed by atoms with Crippen LogP contribution in [0.4, 0.5) is 4.39 Å². The summed E-state index contributed by atoms with van der Waals surface area (Å²) in [6.45, 7) is 3.92. The minimum absolute atomic E-state index is 0.0729. The first-order valence-corrected chi connectivity index (χ1v) is 6.69. The number of nitrogens with zero attached hydrogens (tertiary/aromatic N) is 1. The average Bonchev–Trinajstić information content (AvgIpc) is 2.38. The van der Waals surface area contributed by atoms with Crippen LogP contribution in [-0.2, 0) is 9.59 Å². The molecule has 0 saturated heterocycles. The summed E-state index contributed by atoms with van der Waals surface area (Å²) < 4.78 is 12.8. The van der Waals surface area contributed by atoms with Crippen molar-refractivity contribution < 1.29 is 19.1 Å². The van der Waals surface area contributed by atoms with Gasteiger partial charge in [-0.25, -0.2) is 4.39 Å². The van der Waals surface area contributed by atoms with Gasteiger partial charge in [-0.05, 0) is 30.0 Å². The smallest absolute Gasteiger partial charge is 0.323 e. The van der Waals surface area contributed by atoms with Gasteiger partial charge < -0.3 is 10.0 Å². The second-order valence-electron chi connectivity index (χ2n) is 4.87. The fourth-order valence-corrected chi connectivity index (χ4v) is 2.03. The van der Waals surface area contributed by atoms with E-state index in [4.69, 9.17) is 5.11 Å². The molecule has 0 saturated carbocycles. The van der Waals surface area contributed by atoms with Gasteiger partial charge in [0.25, 0.3) is 0 Å². The Hall–Kier alpha value is -1.91. The van der Waals surface area contributed by atoms with Crippen molar-refractivity contribution in [2.45, 2.75) is 32.6 Å². The zero-order valence-electron chi connectivity index (χ0n) is 11.8. The molecule has 0 aliphatic carbocycles. The molecule has 0 radical (unpaired) electrons. The molecule has 0 aliphatic heterocycles. The number of hydrogen-bond acceptors (Lipinski definition) is 2. The number of benzene rings is 1. The fraction of sp³-hybridized carbons (Fsp3) is 0.467. The molecule has 1 rings (SSSR count). The number of carboxylic acid groups (broad SMARTS) is 1. The monoisotopic (exact) mass is 281 g/mol. The highest BCUT2D eigenvalue weighted by Gasteiger charge is 2.19. The number of halogens is 1. The Balaban J connectivity index is 2.66. The van der Waals surface area contributed by atoms with E-state index in [-0.39, 0.29) is 30.6 Å². The maximum atomic E-state index is 12.8. The third-order valence-electron chi connectivity index (χ3n) is 3.09. The first-order valence-electron chi connectivity index (χ1n) is 6.69. The minimum Gasteiger partial charge on any atom is -0.480 e. The summed E-state index contributed by atoms with van der Waals surface area (Å²) in [5, 5.41) is 8.81. The van der Waals surface area contributed by atoms with E-state index in [2.05, 4.69) is 0 Å². The van der Waals surface area contributed by atoms with Gasteiger partial charge in [-0.15, -0.1) is 0 Å². The van der Waals surface area contributed by atoms with Gasteiger partial charge in [-0.2, -0.15) is 0 Å². The van der Waals surface area contributed by atoms with Gasteiger partial charge in [0.15, 0.2) is 0 Å². The first-order chi connectivity index (χ1) is 9.43. The van der Waals surface area contributed by atoms with Crippen LogP contribution in [0, 0.1) is 5.82 Å². The molecule has 1 unspecified atom stereocenters. The van der Waals surface area contributed by atoms with E-state index in [0.717, 1.165) is 5.56 Å².